The summed E-state index contributed by atoms with van der Waals surface area (Å²) >= 11 is 0. The molecule has 1 N–H and O–H groups in total. The van der Waals surface area contributed by atoms with E-state index < -0.39 is 0 Å². The zero-order chi connectivity index (χ0) is 15.1. The molecule has 1 aliphatic carbocycles. The Morgan fingerprint density at radius 2 is 1.91 bits per heavy atom. The molecule has 0 unspecified atom stereocenters. The number of phenolic OH excluding ortho intramolecular Hbond substituents is 1. The van der Waals surface area contributed by atoms with Gasteiger partial charge in [-0.05, 0) is 25.0 Å². The van der Waals surface area contributed by atoms with E-state index in [9.17, 15) is 9.90 Å². The van der Waals surface area contributed by atoms with Crippen molar-refractivity contribution in [1.29, 1.82) is 0 Å². The van der Waals surface area contributed by atoms with Crippen molar-refractivity contribution in [3.05, 3.63) is 47.8 Å². The fourth-order valence-corrected chi connectivity index (χ4v) is 3.09. The van der Waals surface area contributed by atoms with Gasteiger partial charge in [-0.2, -0.15) is 0 Å². The lowest BCUT2D eigenvalue weighted by Crippen LogP contribution is -2.16. The number of hydrogen-bond acceptors (Lipinski definition) is 4. The second-order valence-corrected chi connectivity index (χ2v) is 5.67. The number of aldehydes is 1. The molecule has 2 aromatic carbocycles. The van der Waals surface area contributed by atoms with Gasteiger partial charge in [0.05, 0.1) is 11.4 Å². The summed E-state index contributed by atoms with van der Waals surface area (Å²) in [4.78, 5) is 11.3. The molecule has 0 saturated heterocycles. The summed E-state index contributed by atoms with van der Waals surface area (Å²) in [6.07, 6.45) is 4.07. The Morgan fingerprint density at radius 3 is 2.64 bits per heavy atom. The summed E-state index contributed by atoms with van der Waals surface area (Å²) in [5.74, 6) is 0.572. The van der Waals surface area contributed by atoms with E-state index in [2.05, 4.69) is 10.3 Å². The highest BCUT2D eigenvalue weighted by atomic mass is 16.3. The van der Waals surface area contributed by atoms with E-state index in [4.69, 9.17) is 0 Å². The zero-order valence-electron chi connectivity index (χ0n) is 11.9. The number of aromatic nitrogens is 3. The van der Waals surface area contributed by atoms with Gasteiger partial charge in [-0.1, -0.05) is 35.9 Å². The highest BCUT2D eigenvalue weighted by Crippen LogP contribution is 2.39. The number of phenols is 1. The minimum atomic E-state index is 0.236. The first-order valence-electron chi connectivity index (χ1n) is 7.41. The van der Waals surface area contributed by atoms with Gasteiger partial charge < -0.3 is 5.11 Å². The molecule has 110 valence electrons. The average molecular weight is 293 g/mol. The third-order valence-corrected chi connectivity index (χ3v) is 4.44. The molecule has 0 atom stereocenters. The molecule has 1 aliphatic rings. The van der Waals surface area contributed by atoms with Gasteiger partial charge in [0.2, 0.25) is 0 Å². The minimum Gasteiger partial charge on any atom is -0.507 e. The van der Waals surface area contributed by atoms with Crippen LogP contribution in [0.3, 0.4) is 0 Å². The number of hydrogen-bond donors (Lipinski definition) is 1. The normalized spacial score (nSPS) is 14.9. The Balaban J connectivity index is 1.98. The fraction of sp³-hybridized carbons (Fsp3) is 0.235. The van der Waals surface area contributed by atoms with E-state index in [-0.39, 0.29) is 5.75 Å². The molecule has 1 aromatic heterocycles. The first-order chi connectivity index (χ1) is 10.8. The van der Waals surface area contributed by atoms with Crippen LogP contribution in [0.1, 0.15) is 41.4 Å². The number of carbonyl (C=O) groups excluding carboxylic acids is 1. The number of fused-ring (bicyclic) bond motifs is 1. The van der Waals surface area contributed by atoms with Gasteiger partial charge in [0.15, 0.2) is 6.29 Å². The quantitative estimate of drug-likeness (QED) is 0.753. The predicted molar refractivity (Wildman–Crippen MR) is 82.5 cm³/mol. The molecule has 1 saturated carbocycles. The number of nitrogens with zero attached hydrogens (tertiary/aromatic N) is 3. The van der Waals surface area contributed by atoms with Gasteiger partial charge in [-0.15, -0.1) is 5.10 Å². The molecule has 5 heteroatoms. The largest absolute Gasteiger partial charge is 0.507 e. The summed E-state index contributed by atoms with van der Waals surface area (Å²) in [6, 6.07) is 11.1. The van der Waals surface area contributed by atoms with E-state index in [1.54, 1.807) is 10.7 Å². The predicted octanol–water partition coefficient (Wildman–Crippen LogP) is 3.21. The van der Waals surface area contributed by atoms with Crippen LogP contribution in [-0.4, -0.2) is 26.4 Å². The van der Waals surface area contributed by atoms with Crippen LogP contribution in [0.25, 0.3) is 16.5 Å². The highest BCUT2D eigenvalue weighted by molar-refractivity contribution is 5.94. The number of carbonyl (C=O) groups is 1. The molecule has 1 fully saturated rings. The lowest BCUT2D eigenvalue weighted by atomic mass is 9.82. The summed E-state index contributed by atoms with van der Waals surface area (Å²) < 4.78 is 1.76. The molecular weight excluding hydrogens is 278 g/mol. The highest BCUT2D eigenvalue weighted by Gasteiger charge is 2.28. The maximum atomic E-state index is 11.3. The van der Waals surface area contributed by atoms with Crippen LogP contribution in [0.4, 0.5) is 0 Å². The van der Waals surface area contributed by atoms with Crippen LogP contribution in [0.2, 0.25) is 0 Å². The lowest BCUT2D eigenvalue weighted by Gasteiger charge is -2.26. The van der Waals surface area contributed by atoms with Crippen molar-refractivity contribution in [3.8, 4) is 11.4 Å². The molecule has 0 amide bonds. The van der Waals surface area contributed by atoms with Crippen molar-refractivity contribution in [1.82, 2.24) is 15.0 Å². The Morgan fingerprint density at radius 1 is 1.14 bits per heavy atom. The van der Waals surface area contributed by atoms with E-state index in [0.29, 0.717) is 11.6 Å². The SMILES string of the molecule is O=Cc1nnn(-c2cccc3c(O)cccc23)c1C1CCC1. The number of benzene rings is 2. The van der Waals surface area contributed by atoms with Gasteiger partial charge in [-0.25, -0.2) is 4.68 Å². The molecule has 0 aliphatic heterocycles. The monoisotopic (exact) mass is 293 g/mol. The molecule has 0 radical (unpaired) electrons. The number of rotatable bonds is 3. The Labute approximate surface area is 127 Å². The van der Waals surface area contributed by atoms with E-state index in [1.807, 2.05) is 30.3 Å². The van der Waals surface area contributed by atoms with Crippen LogP contribution in [0.5, 0.6) is 5.75 Å². The smallest absolute Gasteiger partial charge is 0.172 e. The van der Waals surface area contributed by atoms with Gasteiger partial charge in [0.25, 0.3) is 0 Å². The Bertz CT molecular complexity index is 865. The average Bonchev–Trinajstić information content (AvgIpc) is 2.89. The first-order valence-corrected chi connectivity index (χ1v) is 7.41. The molecule has 0 spiro atoms. The summed E-state index contributed by atoms with van der Waals surface area (Å²) in [7, 11) is 0. The third kappa shape index (κ3) is 1.82. The van der Waals surface area contributed by atoms with Gasteiger partial charge in [-0.3, -0.25) is 4.79 Å². The van der Waals surface area contributed by atoms with Gasteiger partial charge >= 0.3 is 0 Å². The molecule has 3 aromatic rings. The molecule has 22 heavy (non-hydrogen) atoms. The van der Waals surface area contributed by atoms with E-state index in [0.717, 1.165) is 41.3 Å². The lowest BCUT2D eigenvalue weighted by molar-refractivity contribution is 0.111. The van der Waals surface area contributed by atoms with Crippen molar-refractivity contribution >= 4 is 17.1 Å². The second kappa shape index (κ2) is 4.94. The fourth-order valence-electron chi connectivity index (χ4n) is 3.09. The molecule has 5 nitrogen and oxygen atoms in total. The summed E-state index contributed by atoms with van der Waals surface area (Å²) in [6.45, 7) is 0. The van der Waals surface area contributed by atoms with Crippen LogP contribution in [-0.2, 0) is 0 Å². The van der Waals surface area contributed by atoms with Crippen molar-refractivity contribution < 1.29 is 9.90 Å². The van der Waals surface area contributed by atoms with Crippen LogP contribution in [0.15, 0.2) is 36.4 Å². The second-order valence-electron chi connectivity index (χ2n) is 5.67. The van der Waals surface area contributed by atoms with Crippen LogP contribution < -0.4 is 0 Å². The van der Waals surface area contributed by atoms with Crippen LogP contribution >= 0.6 is 0 Å². The maximum Gasteiger partial charge on any atom is 0.172 e. The van der Waals surface area contributed by atoms with E-state index >= 15 is 0 Å². The van der Waals surface area contributed by atoms with Crippen molar-refractivity contribution in [2.24, 2.45) is 0 Å². The third-order valence-electron chi connectivity index (χ3n) is 4.44. The summed E-state index contributed by atoms with van der Waals surface area (Å²) in [5, 5.41) is 19.9. The maximum absolute atomic E-state index is 11.3. The molecular formula is C17H15N3O2. The standard InChI is InChI=1S/C17H15N3O2/c21-10-14-17(11-4-1-5-11)20(19-18-14)15-8-2-7-13-12(15)6-3-9-16(13)22/h2-3,6-11,22H,1,4-5H2. The Kier molecular flexibility index (Phi) is 2.92. The topological polar surface area (TPSA) is 68.0 Å². The van der Waals surface area contributed by atoms with Crippen molar-refractivity contribution in [3.63, 3.8) is 0 Å². The molecule has 0 bridgehead atoms. The first kappa shape index (κ1) is 13.0. The van der Waals surface area contributed by atoms with Crippen molar-refractivity contribution in [2.45, 2.75) is 25.2 Å². The van der Waals surface area contributed by atoms with Gasteiger partial charge in [0.1, 0.15) is 11.4 Å². The Hall–Kier alpha value is -2.69. The zero-order valence-corrected chi connectivity index (χ0v) is 11.9. The van der Waals surface area contributed by atoms with Gasteiger partial charge in [0, 0.05) is 16.7 Å². The number of aromatic hydroxyl groups is 1. The van der Waals surface area contributed by atoms with Crippen molar-refractivity contribution in [2.75, 3.05) is 0 Å². The minimum absolute atomic E-state index is 0.236. The molecule has 1 heterocycles. The van der Waals surface area contributed by atoms with E-state index in [1.165, 1.54) is 6.42 Å². The molecule has 4 rings (SSSR count). The summed E-state index contributed by atoms with van der Waals surface area (Å²) in [5.41, 5.74) is 2.15. The van der Waals surface area contributed by atoms with Crippen LogP contribution in [0, 0.1) is 0 Å².